The van der Waals surface area contributed by atoms with Crippen LogP contribution in [0, 0.1) is 10.1 Å². The van der Waals surface area contributed by atoms with Crippen molar-refractivity contribution in [2.24, 2.45) is 0 Å². The highest BCUT2D eigenvalue weighted by atomic mass is 19.3. The van der Waals surface area contributed by atoms with Gasteiger partial charge in [-0.3, -0.25) is 10.1 Å². The smallest absolute Gasteiger partial charge is 0.387 e. The molecule has 0 aromatic heterocycles. The molecule has 1 rings (SSSR count). The molecule has 0 radical (unpaired) electrons. The molecule has 0 fully saturated rings. The Morgan fingerprint density at radius 2 is 2.14 bits per heavy atom. The zero-order chi connectivity index (χ0) is 10.7. The molecule has 0 aliphatic carbocycles. The first-order valence-corrected chi connectivity index (χ1v) is 3.43. The van der Waals surface area contributed by atoms with Crippen LogP contribution in [0.2, 0.25) is 0 Å². The lowest BCUT2D eigenvalue weighted by molar-refractivity contribution is -0.386. The largest absolute Gasteiger partial charge is 0.508 e. The van der Waals surface area contributed by atoms with Crippen LogP contribution in [0.25, 0.3) is 0 Å². The molecule has 5 nitrogen and oxygen atoms in total. The summed E-state index contributed by atoms with van der Waals surface area (Å²) < 4.78 is 27.4. The van der Waals surface area contributed by atoms with E-state index in [4.69, 9.17) is 5.11 Å². The third kappa shape index (κ3) is 2.28. The molecule has 14 heavy (non-hydrogen) atoms. The molecule has 1 N–H and O–H groups in total. The molecule has 0 bridgehead atoms. The Balaban J connectivity index is 3.09. The molecule has 1 aromatic carbocycles. The van der Waals surface area contributed by atoms with Gasteiger partial charge in [-0.1, -0.05) is 0 Å². The van der Waals surface area contributed by atoms with Gasteiger partial charge in [0.2, 0.25) is 5.75 Å². The van der Waals surface area contributed by atoms with Crippen LogP contribution in [0.15, 0.2) is 18.2 Å². The van der Waals surface area contributed by atoms with Crippen LogP contribution in [0.4, 0.5) is 14.5 Å². The highest BCUT2D eigenvalue weighted by Gasteiger charge is 2.18. The van der Waals surface area contributed by atoms with E-state index in [1.807, 2.05) is 0 Å². The van der Waals surface area contributed by atoms with Crippen LogP contribution in [0.5, 0.6) is 11.5 Å². The molecule has 1 aromatic rings. The summed E-state index contributed by atoms with van der Waals surface area (Å²) in [6, 6.07) is 2.65. The second kappa shape index (κ2) is 3.86. The topological polar surface area (TPSA) is 72.6 Å². The average Bonchev–Trinajstić information content (AvgIpc) is 2.01. The monoisotopic (exact) mass is 205 g/mol. The standard InChI is InChI=1S/C7H5F2NO4/c8-7(9)14-6-3-4(11)1-2-5(6)10(12)13/h1-3,7,11H. The summed E-state index contributed by atoms with van der Waals surface area (Å²) in [4.78, 5) is 9.44. The van der Waals surface area contributed by atoms with Crippen molar-refractivity contribution in [3.8, 4) is 11.5 Å². The van der Waals surface area contributed by atoms with Crippen molar-refractivity contribution in [2.45, 2.75) is 6.61 Å². The Bertz CT molecular complexity index is 356. The first kappa shape index (κ1) is 10.2. The summed E-state index contributed by atoms with van der Waals surface area (Å²) in [5, 5.41) is 19.2. The number of halogens is 2. The number of aromatic hydroxyl groups is 1. The number of phenols is 1. The first-order chi connectivity index (χ1) is 6.50. The minimum atomic E-state index is -3.17. The van der Waals surface area contributed by atoms with Gasteiger partial charge < -0.3 is 9.84 Å². The maximum atomic E-state index is 11.8. The summed E-state index contributed by atoms with van der Waals surface area (Å²) in [7, 11) is 0. The predicted molar refractivity (Wildman–Crippen MR) is 41.4 cm³/mol. The van der Waals surface area contributed by atoms with Crippen molar-refractivity contribution in [2.75, 3.05) is 0 Å². The number of nitrogens with zero attached hydrogens (tertiary/aromatic N) is 1. The van der Waals surface area contributed by atoms with Crippen molar-refractivity contribution in [3.63, 3.8) is 0 Å². The van der Waals surface area contributed by atoms with Crippen molar-refractivity contribution in [3.05, 3.63) is 28.3 Å². The van der Waals surface area contributed by atoms with E-state index in [0.29, 0.717) is 0 Å². The van der Waals surface area contributed by atoms with E-state index in [-0.39, 0.29) is 5.75 Å². The minimum absolute atomic E-state index is 0.383. The van der Waals surface area contributed by atoms with Crippen LogP contribution >= 0.6 is 0 Å². The number of hydrogen-bond acceptors (Lipinski definition) is 4. The SMILES string of the molecule is O=[N+]([O-])c1ccc(O)cc1OC(F)F. The predicted octanol–water partition coefficient (Wildman–Crippen LogP) is 1.90. The van der Waals surface area contributed by atoms with Crippen LogP contribution in [-0.4, -0.2) is 16.6 Å². The number of phenolic OH excluding ortho intramolecular Hbond substituents is 1. The van der Waals surface area contributed by atoms with E-state index in [1.54, 1.807) is 0 Å². The molecular weight excluding hydrogens is 200 g/mol. The van der Waals surface area contributed by atoms with E-state index in [9.17, 15) is 18.9 Å². The fourth-order valence-corrected chi connectivity index (χ4v) is 0.844. The second-order valence-corrected chi connectivity index (χ2v) is 2.29. The molecule has 0 aliphatic heterocycles. The van der Waals surface area contributed by atoms with Crippen molar-refractivity contribution < 1.29 is 23.5 Å². The van der Waals surface area contributed by atoms with E-state index < -0.39 is 23.0 Å². The number of benzene rings is 1. The maximum Gasteiger partial charge on any atom is 0.387 e. The fourth-order valence-electron chi connectivity index (χ4n) is 0.844. The van der Waals surface area contributed by atoms with Gasteiger partial charge in [0, 0.05) is 12.1 Å². The lowest BCUT2D eigenvalue weighted by Gasteiger charge is -2.04. The Morgan fingerprint density at radius 1 is 1.50 bits per heavy atom. The third-order valence-corrected chi connectivity index (χ3v) is 1.36. The maximum absolute atomic E-state index is 11.8. The van der Waals surface area contributed by atoms with Gasteiger partial charge in [-0.15, -0.1) is 0 Å². The van der Waals surface area contributed by atoms with Gasteiger partial charge in [-0.05, 0) is 6.07 Å². The lowest BCUT2D eigenvalue weighted by atomic mass is 10.3. The molecule has 0 unspecified atom stereocenters. The van der Waals surface area contributed by atoms with E-state index in [2.05, 4.69) is 4.74 Å². The zero-order valence-electron chi connectivity index (χ0n) is 6.68. The summed E-state index contributed by atoms with van der Waals surface area (Å²) in [6.45, 7) is -3.17. The van der Waals surface area contributed by atoms with Crippen molar-refractivity contribution in [1.29, 1.82) is 0 Å². The van der Waals surface area contributed by atoms with E-state index in [1.165, 1.54) is 0 Å². The van der Waals surface area contributed by atoms with Crippen LogP contribution in [-0.2, 0) is 0 Å². The third-order valence-electron chi connectivity index (χ3n) is 1.36. The molecule has 0 saturated carbocycles. The van der Waals surface area contributed by atoms with Crippen LogP contribution in [0.1, 0.15) is 0 Å². The Hall–Kier alpha value is -1.92. The lowest BCUT2D eigenvalue weighted by Crippen LogP contribution is -2.04. The normalized spacial score (nSPS) is 10.2. The summed E-state index contributed by atoms with van der Waals surface area (Å²) >= 11 is 0. The molecule has 7 heteroatoms. The van der Waals surface area contributed by atoms with Gasteiger partial charge in [-0.25, -0.2) is 0 Å². The zero-order valence-corrected chi connectivity index (χ0v) is 6.68. The van der Waals surface area contributed by atoms with E-state index in [0.717, 1.165) is 18.2 Å². The number of ether oxygens (including phenoxy) is 1. The van der Waals surface area contributed by atoms with Crippen LogP contribution < -0.4 is 4.74 Å². The minimum Gasteiger partial charge on any atom is -0.508 e. The first-order valence-electron chi connectivity index (χ1n) is 3.43. The number of rotatable bonds is 3. The molecule has 0 amide bonds. The van der Waals surface area contributed by atoms with E-state index >= 15 is 0 Å². The Morgan fingerprint density at radius 3 is 2.64 bits per heavy atom. The molecule has 0 aliphatic rings. The van der Waals surface area contributed by atoms with Gasteiger partial charge in [0.15, 0.2) is 0 Å². The van der Waals surface area contributed by atoms with Gasteiger partial charge in [-0.2, -0.15) is 8.78 Å². The van der Waals surface area contributed by atoms with Gasteiger partial charge in [0.1, 0.15) is 5.75 Å². The quantitative estimate of drug-likeness (QED) is 0.604. The Kier molecular flexibility index (Phi) is 2.80. The molecule has 0 atom stereocenters. The number of nitro benzene ring substituents is 1. The average molecular weight is 205 g/mol. The molecular formula is C7H5F2NO4. The number of alkyl halides is 2. The van der Waals surface area contributed by atoms with Crippen molar-refractivity contribution >= 4 is 5.69 Å². The second-order valence-electron chi connectivity index (χ2n) is 2.29. The molecule has 76 valence electrons. The number of nitro groups is 1. The van der Waals surface area contributed by atoms with Crippen molar-refractivity contribution in [1.82, 2.24) is 0 Å². The molecule has 0 spiro atoms. The van der Waals surface area contributed by atoms with Crippen LogP contribution in [0.3, 0.4) is 0 Å². The van der Waals surface area contributed by atoms with Gasteiger partial charge >= 0.3 is 12.3 Å². The summed E-state index contributed by atoms with van der Waals surface area (Å²) in [6.07, 6.45) is 0. The Labute approximate surface area is 76.7 Å². The highest BCUT2D eigenvalue weighted by Crippen LogP contribution is 2.31. The summed E-state index contributed by atoms with van der Waals surface area (Å²) in [5.41, 5.74) is -0.622. The fraction of sp³-hybridized carbons (Fsp3) is 0.143. The summed E-state index contributed by atoms with van der Waals surface area (Å²) in [5.74, 6) is -1.05. The van der Waals surface area contributed by atoms with Gasteiger partial charge in [0.05, 0.1) is 4.92 Å². The molecule has 0 saturated heterocycles. The number of hydrogen-bond donors (Lipinski definition) is 1. The highest BCUT2D eigenvalue weighted by molar-refractivity contribution is 5.50. The molecule has 0 heterocycles. The van der Waals surface area contributed by atoms with Gasteiger partial charge in [0.25, 0.3) is 0 Å².